The zero-order valence-corrected chi connectivity index (χ0v) is 19.7. The SMILES string of the molecule is CCNC(=NCC1CCN(C)CC1)NCCc1ccc(S(C)(=O)=O)cc1.I. The number of hydrogen-bond acceptors (Lipinski definition) is 4. The minimum Gasteiger partial charge on any atom is -0.357 e. The molecule has 1 aromatic rings. The van der Waals surface area contributed by atoms with Crippen LogP contribution in [0.1, 0.15) is 25.3 Å². The largest absolute Gasteiger partial charge is 0.357 e. The molecule has 0 aliphatic carbocycles. The normalized spacial score (nSPS) is 16.6. The summed E-state index contributed by atoms with van der Waals surface area (Å²) < 4.78 is 23.0. The molecule has 1 aliphatic heterocycles. The number of hydrogen-bond donors (Lipinski definition) is 2. The average Bonchev–Trinajstić information content (AvgIpc) is 2.61. The first-order chi connectivity index (χ1) is 12.4. The Balaban J connectivity index is 0.00000364. The van der Waals surface area contributed by atoms with Gasteiger partial charge in [0.25, 0.3) is 0 Å². The fourth-order valence-electron chi connectivity index (χ4n) is 3.04. The van der Waals surface area contributed by atoms with Crippen LogP contribution in [0.25, 0.3) is 0 Å². The molecule has 1 saturated heterocycles. The monoisotopic (exact) mass is 508 g/mol. The van der Waals surface area contributed by atoms with Crippen molar-refractivity contribution < 1.29 is 8.42 Å². The number of rotatable bonds is 7. The van der Waals surface area contributed by atoms with Crippen LogP contribution >= 0.6 is 24.0 Å². The van der Waals surface area contributed by atoms with Gasteiger partial charge in [0.2, 0.25) is 0 Å². The first-order valence-electron chi connectivity index (χ1n) is 9.38. The van der Waals surface area contributed by atoms with Gasteiger partial charge in [0, 0.05) is 25.9 Å². The van der Waals surface area contributed by atoms with Gasteiger partial charge in [0.05, 0.1) is 4.90 Å². The van der Waals surface area contributed by atoms with Crippen molar-refractivity contribution in [2.75, 3.05) is 46.0 Å². The maximum absolute atomic E-state index is 11.5. The van der Waals surface area contributed by atoms with Crippen molar-refractivity contribution in [3.63, 3.8) is 0 Å². The summed E-state index contributed by atoms with van der Waals surface area (Å²) in [7, 11) is -0.956. The second-order valence-electron chi connectivity index (χ2n) is 7.06. The van der Waals surface area contributed by atoms with Crippen molar-refractivity contribution in [1.29, 1.82) is 0 Å². The topological polar surface area (TPSA) is 73.8 Å². The first-order valence-corrected chi connectivity index (χ1v) is 11.3. The molecule has 0 bridgehead atoms. The molecular formula is C19H33IN4O2S. The molecule has 1 aromatic carbocycles. The van der Waals surface area contributed by atoms with Gasteiger partial charge in [-0.05, 0) is 69.9 Å². The summed E-state index contributed by atoms with van der Waals surface area (Å²) in [6, 6.07) is 7.09. The first kappa shape index (κ1) is 24.2. The summed E-state index contributed by atoms with van der Waals surface area (Å²) in [5, 5.41) is 6.67. The number of sulfone groups is 1. The van der Waals surface area contributed by atoms with E-state index >= 15 is 0 Å². The summed E-state index contributed by atoms with van der Waals surface area (Å²) in [5.41, 5.74) is 1.11. The zero-order chi connectivity index (χ0) is 19.0. The fourth-order valence-corrected chi connectivity index (χ4v) is 3.67. The molecule has 2 N–H and O–H groups in total. The lowest BCUT2D eigenvalue weighted by molar-refractivity contribution is 0.223. The molecular weight excluding hydrogens is 475 g/mol. The van der Waals surface area contributed by atoms with E-state index in [2.05, 4.69) is 29.5 Å². The van der Waals surface area contributed by atoms with E-state index in [1.165, 1.54) is 19.1 Å². The standard InChI is InChI=1S/C19H32N4O2S.HI/c1-4-20-19(22-15-17-10-13-23(2)14-11-17)21-12-9-16-5-7-18(8-6-16)26(3,24)25;/h5-8,17H,4,9-15H2,1-3H3,(H2,20,21,22);1H. The van der Waals surface area contributed by atoms with Crippen LogP contribution in [0.4, 0.5) is 0 Å². The van der Waals surface area contributed by atoms with E-state index in [0.29, 0.717) is 10.8 Å². The molecule has 0 saturated carbocycles. The predicted octanol–water partition coefficient (Wildman–Crippen LogP) is 2.15. The van der Waals surface area contributed by atoms with Crippen LogP contribution in [0.5, 0.6) is 0 Å². The van der Waals surface area contributed by atoms with Crippen LogP contribution < -0.4 is 10.6 Å². The lowest BCUT2D eigenvalue weighted by Crippen LogP contribution is -2.39. The van der Waals surface area contributed by atoms with Gasteiger partial charge in [-0.1, -0.05) is 12.1 Å². The third-order valence-electron chi connectivity index (χ3n) is 4.75. The number of nitrogens with one attached hydrogen (secondary N) is 2. The molecule has 154 valence electrons. The molecule has 6 nitrogen and oxygen atoms in total. The highest BCUT2D eigenvalue weighted by molar-refractivity contribution is 14.0. The van der Waals surface area contributed by atoms with E-state index in [1.54, 1.807) is 12.1 Å². The Morgan fingerprint density at radius 1 is 1.19 bits per heavy atom. The molecule has 8 heteroatoms. The summed E-state index contributed by atoms with van der Waals surface area (Å²) in [6.45, 7) is 6.85. The third-order valence-corrected chi connectivity index (χ3v) is 5.88. The van der Waals surface area contributed by atoms with Crippen molar-refractivity contribution in [3.05, 3.63) is 29.8 Å². The summed E-state index contributed by atoms with van der Waals surface area (Å²) >= 11 is 0. The maximum Gasteiger partial charge on any atom is 0.191 e. The van der Waals surface area contributed by atoms with Gasteiger partial charge in [0.15, 0.2) is 15.8 Å². The Morgan fingerprint density at radius 3 is 2.37 bits per heavy atom. The predicted molar refractivity (Wildman–Crippen MR) is 123 cm³/mol. The minimum absolute atomic E-state index is 0. The number of halogens is 1. The van der Waals surface area contributed by atoms with Gasteiger partial charge in [0.1, 0.15) is 0 Å². The van der Waals surface area contributed by atoms with Crippen molar-refractivity contribution in [3.8, 4) is 0 Å². The van der Waals surface area contributed by atoms with E-state index in [4.69, 9.17) is 4.99 Å². The van der Waals surface area contributed by atoms with Crippen LogP contribution in [-0.2, 0) is 16.3 Å². The molecule has 0 aromatic heterocycles. The third kappa shape index (κ3) is 8.78. The quantitative estimate of drug-likeness (QED) is 0.336. The highest BCUT2D eigenvalue weighted by atomic mass is 127. The van der Waals surface area contributed by atoms with Crippen molar-refractivity contribution in [1.82, 2.24) is 15.5 Å². The van der Waals surface area contributed by atoms with Crippen molar-refractivity contribution in [2.45, 2.75) is 31.1 Å². The van der Waals surface area contributed by atoms with E-state index in [-0.39, 0.29) is 24.0 Å². The van der Waals surface area contributed by atoms with Crippen LogP contribution in [-0.4, -0.2) is 65.3 Å². The average molecular weight is 508 g/mol. The van der Waals surface area contributed by atoms with Crippen LogP contribution in [0.3, 0.4) is 0 Å². The molecule has 0 unspecified atom stereocenters. The lowest BCUT2D eigenvalue weighted by atomic mass is 9.97. The number of guanidine groups is 1. The Bertz CT molecular complexity index is 684. The highest BCUT2D eigenvalue weighted by Crippen LogP contribution is 2.16. The second kappa shape index (κ2) is 11.9. The Morgan fingerprint density at radius 2 is 1.81 bits per heavy atom. The number of piperidine rings is 1. The highest BCUT2D eigenvalue weighted by Gasteiger charge is 2.16. The van der Waals surface area contributed by atoms with Gasteiger partial charge in [-0.3, -0.25) is 4.99 Å². The Labute approximate surface area is 181 Å². The number of benzene rings is 1. The minimum atomic E-state index is -3.13. The second-order valence-corrected chi connectivity index (χ2v) is 9.07. The van der Waals surface area contributed by atoms with Gasteiger partial charge in [-0.25, -0.2) is 8.42 Å². The molecule has 1 aliphatic rings. The molecule has 2 rings (SSSR count). The van der Waals surface area contributed by atoms with Crippen LogP contribution in [0, 0.1) is 5.92 Å². The van der Waals surface area contributed by atoms with E-state index in [9.17, 15) is 8.42 Å². The molecule has 0 radical (unpaired) electrons. The van der Waals surface area contributed by atoms with Gasteiger partial charge < -0.3 is 15.5 Å². The van der Waals surface area contributed by atoms with Gasteiger partial charge in [-0.15, -0.1) is 24.0 Å². The van der Waals surface area contributed by atoms with Crippen LogP contribution in [0.15, 0.2) is 34.2 Å². The lowest BCUT2D eigenvalue weighted by Gasteiger charge is -2.28. The van der Waals surface area contributed by atoms with Gasteiger partial charge in [-0.2, -0.15) is 0 Å². The zero-order valence-electron chi connectivity index (χ0n) is 16.6. The van der Waals surface area contributed by atoms with Crippen molar-refractivity contribution >= 4 is 39.8 Å². The molecule has 27 heavy (non-hydrogen) atoms. The Kier molecular flexibility index (Phi) is 10.6. The van der Waals surface area contributed by atoms with E-state index < -0.39 is 9.84 Å². The fraction of sp³-hybridized carbons (Fsp3) is 0.632. The summed E-state index contributed by atoms with van der Waals surface area (Å²) in [6.07, 6.45) is 4.48. The number of aliphatic imine (C=N–C) groups is 1. The number of nitrogens with zero attached hydrogens (tertiary/aromatic N) is 2. The molecule has 1 heterocycles. The number of likely N-dealkylation sites (tertiary alicyclic amines) is 1. The van der Waals surface area contributed by atoms with Crippen molar-refractivity contribution in [2.24, 2.45) is 10.9 Å². The molecule has 0 atom stereocenters. The molecule has 0 spiro atoms. The summed E-state index contributed by atoms with van der Waals surface area (Å²) in [4.78, 5) is 7.47. The van der Waals surface area contributed by atoms with Gasteiger partial charge >= 0.3 is 0 Å². The van der Waals surface area contributed by atoms with Crippen LogP contribution in [0.2, 0.25) is 0 Å². The molecule has 0 amide bonds. The maximum atomic E-state index is 11.5. The summed E-state index contributed by atoms with van der Waals surface area (Å²) in [5.74, 6) is 1.53. The van der Waals surface area contributed by atoms with E-state index in [1.807, 2.05) is 12.1 Å². The Hall–Kier alpha value is -0.870. The van der Waals surface area contributed by atoms with E-state index in [0.717, 1.165) is 50.7 Å². The smallest absolute Gasteiger partial charge is 0.191 e. The molecule has 1 fully saturated rings.